The predicted molar refractivity (Wildman–Crippen MR) is 69.4 cm³/mol. The molecule has 0 aromatic rings. The van der Waals surface area contributed by atoms with Crippen molar-refractivity contribution in [1.82, 2.24) is 0 Å². The van der Waals surface area contributed by atoms with Crippen molar-refractivity contribution in [3.05, 3.63) is 0 Å². The van der Waals surface area contributed by atoms with Crippen molar-refractivity contribution in [2.75, 3.05) is 0 Å². The molecule has 0 aliphatic heterocycles. The minimum Gasteiger partial charge on any atom is -0.387 e. The van der Waals surface area contributed by atoms with Gasteiger partial charge < -0.3 is 10.2 Å². The number of hydrogen-bond donors (Lipinski definition) is 2. The Kier molecular flexibility index (Phi) is 4.28. The summed E-state index contributed by atoms with van der Waals surface area (Å²) >= 11 is 0. The fourth-order valence-electron chi connectivity index (χ4n) is 2.45. The van der Waals surface area contributed by atoms with Gasteiger partial charge in [-0.1, -0.05) is 41.5 Å². The van der Waals surface area contributed by atoms with Crippen LogP contribution < -0.4 is 0 Å². The summed E-state index contributed by atoms with van der Waals surface area (Å²) in [5.74, 6) is 0. The van der Waals surface area contributed by atoms with Gasteiger partial charge in [0.05, 0.1) is 11.2 Å². The first-order valence-corrected chi connectivity index (χ1v) is 6.11. The SMILES string of the molecule is CC(C)(C)C[C@](C)(O)[C@@](C)(O)CC(C)(C)C. The lowest BCUT2D eigenvalue weighted by atomic mass is 9.69. The van der Waals surface area contributed by atoms with E-state index in [-0.39, 0.29) is 10.8 Å². The van der Waals surface area contributed by atoms with Crippen molar-refractivity contribution in [3.63, 3.8) is 0 Å². The zero-order valence-electron chi connectivity index (χ0n) is 12.3. The highest BCUT2D eigenvalue weighted by atomic mass is 16.4. The zero-order chi connectivity index (χ0) is 13.4. The smallest absolute Gasteiger partial charge is 0.0907 e. The van der Waals surface area contributed by atoms with Crippen LogP contribution in [0.15, 0.2) is 0 Å². The minimum atomic E-state index is -1.06. The highest BCUT2D eigenvalue weighted by Gasteiger charge is 2.45. The second-order valence-corrected chi connectivity index (χ2v) is 8.02. The van der Waals surface area contributed by atoms with Crippen molar-refractivity contribution in [3.8, 4) is 0 Å². The Morgan fingerprint density at radius 1 is 0.562 bits per heavy atom. The summed E-state index contributed by atoms with van der Waals surface area (Å²) in [6.45, 7) is 15.9. The molecule has 2 N–H and O–H groups in total. The van der Waals surface area contributed by atoms with Crippen LogP contribution in [0.4, 0.5) is 0 Å². The van der Waals surface area contributed by atoms with Crippen LogP contribution in [0.5, 0.6) is 0 Å². The van der Waals surface area contributed by atoms with Gasteiger partial charge in [-0.15, -0.1) is 0 Å². The second kappa shape index (κ2) is 4.30. The Morgan fingerprint density at radius 2 is 0.750 bits per heavy atom. The average molecular weight is 230 g/mol. The minimum absolute atomic E-state index is 0.00533. The lowest BCUT2D eigenvalue weighted by molar-refractivity contribution is -0.161. The van der Waals surface area contributed by atoms with Crippen LogP contribution in [-0.4, -0.2) is 21.4 Å². The van der Waals surface area contributed by atoms with Crippen LogP contribution in [0.2, 0.25) is 0 Å². The van der Waals surface area contributed by atoms with Crippen LogP contribution in [0, 0.1) is 10.8 Å². The topological polar surface area (TPSA) is 40.5 Å². The van der Waals surface area contributed by atoms with E-state index in [9.17, 15) is 10.2 Å². The lowest BCUT2D eigenvalue weighted by Crippen LogP contribution is -2.53. The predicted octanol–water partition coefficient (Wildman–Crippen LogP) is 3.36. The molecule has 0 radical (unpaired) electrons. The molecule has 0 bridgehead atoms. The molecule has 0 rings (SSSR count). The molecular formula is C14H30O2. The maximum atomic E-state index is 10.5. The third-order valence-corrected chi connectivity index (χ3v) is 2.91. The summed E-state index contributed by atoms with van der Waals surface area (Å²) in [5, 5.41) is 21.0. The summed E-state index contributed by atoms with van der Waals surface area (Å²) < 4.78 is 0. The zero-order valence-corrected chi connectivity index (χ0v) is 12.3. The molecule has 0 aliphatic carbocycles. The van der Waals surface area contributed by atoms with Crippen LogP contribution in [0.1, 0.15) is 68.2 Å². The van der Waals surface area contributed by atoms with Gasteiger partial charge in [0.25, 0.3) is 0 Å². The lowest BCUT2D eigenvalue weighted by Gasteiger charge is -2.45. The Morgan fingerprint density at radius 3 is 0.875 bits per heavy atom. The molecular weight excluding hydrogens is 200 g/mol. The van der Waals surface area contributed by atoms with Gasteiger partial charge >= 0.3 is 0 Å². The van der Waals surface area contributed by atoms with E-state index in [0.717, 1.165) is 0 Å². The van der Waals surface area contributed by atoms with Crippen LogP contribution in [0.3, 0.4) is 0 Å². The first-order chi connectivity index (χ1) is 6.66. The molecule has 0 amide bonds. The molecule has 0 heterocycles. The molecule has 98 valence electrons. The Balaban J connectivity index is 4.85. The molecule has 0 fully saturated rings. The summed E-state index contributed by atoms with van der Waals surface area (Å²) in [4.78, 5) is 0. The number of rotatable bonds is 3. The van der Waals surface area contributed by atoms with Crippen molar-refractivity contribution in [1.29, 1.82) is 0 Å². The van der Waals surface area contributed by atoms with Crippen LogP contribution in [0.25, 0.3) is 0 Å². The maximum absolute atomic E-state index is 10.5. The van der Waals surface area contributed by atoms with Crippen LogP contribution >= 0.6 is 0 Å². The number of hydrogen-bond acceptors (Lipinski definition) is 2. The molecule has 0 unspecified atom stereocenters. The van der Waals surface area contributed by atoms with Gasteiger partial charge in [-0.05, 0) is 37.5 Å². The summed E-state index contributed by atoms with van der Waals surface area (Å²) in [7, 11) is 0. The maximum Gasteiger partial charge on any atom is 0.0907 e. The van der Waals surface area contributed by atoms with E-state index in [2.05, 4.69) is 41.5 Å². The van der Waals surface area contributed by atoms with Crippen molar-refractivity contribution >= 4 is 0 Å². The van der Waals surface area contributed by atoms with Crippen molar-refractivity contribution in [2.45, 2.75) is 79.4 Å². The van der Waals surface area contributed by atoms with E-state index < -0.39 is 11.2 Å². The standard InChI is InChI=1S/C14H30O2/c1-11(2,3)9-13(7,15)14(8,16)10-12(4,5)6/h15-16H,9-10H2,1-8H3/t13-,14-/m0/s1. The molecule has 2 heteroatoms. The highest BCUT2D eigenvalue weighted by molar-refractivity contribution is 4.97. The van der Waals surface area contributed by atoms with Gasteiger partial charge in [0.2, 0.25) is 0 Å². The fraction of sp³-hybridized carbons (Fsp3) is 1.00. The van der Waals surface area contributed by atoms with Gasteiger partial charge in [0.1, 0.15) is 0 Å². The molecule has 2 atom stereocenters. The second-order valence-electron chi connectivity index (χ2n) is 8.02. The van der Waals surface area contributed by atoms with Crippen molar-refractivity contribution < 1.29 is 10.2 Å². The van der Waals surface area contributed by atoms with E-state index in [1.165, 1.54) is 0 Å². The first-order valence-electron chi connectivity index (χ1n) is 6.11. The summed E-state index contributed by atoms with van der Waals surface area (Å²) in [6.07, 6.45) is 1.17. The summed E-state index contributed by atoms with van der Waals surface area (Å²) in [5.41, 5.74) is -2.10. The Bertz CT molecular complexity index is 200. The van der Waals surface area contributed by atoms with Gasteiger partial charge in [-0.2, -0.15) is 0 Å². The first kappa shape index (κ1) is 15.9. The van der Waals surface area contributed by atoms with E-state index >= 15 is 0 Å². The van der Waals surface area contributed by atoms with E-state index in [1.54, 1.807) is 13.8 Å². The Labute approximate surface area is 101 Å². The summed E-state index contributed by atoms with van der Waals surface area (Å²) in [6, 6.07) is 0. The van der Waals surface area contributed by atoms with Gasteiger partial charge in [-0.25, -0.2) is 0 Å². The molecule has 0 aromatic carbocycles. The van der Waals surface area contributed by atoms with Crippen molar-refractivity contribution in [2.24, 2.45) is 10.8 Å². The third kappa shape index (κ3) is 5.31. The fourth-order valence-corrected chi connectivity index (χ4v) is 2.45. The molecule has 16 heavy (non-hydrogen) atoms. The monoisotopic (exact) mass is 230 g/mol. The third-order valence-electron chi connectivity index (χ3n) is 2.91. The van der Waals surface area contributed by atoms with Gasteiger partial charge in [0, 0.05) is 0 Å². The Hall–Kier alpha value is -0.0800. The quantitative estimate of drug-likeness (QED) is 0.780. The highest BCUT2D eigenvalue weighted by Crippen LogP contribution is 2.40. The van der Waals surface area contributed by atoms with Crippen LogP contribution in [-0.2, 0) is 0 Å². The van der Waals surface area contributed by atoms with Gasteiger partial charge in [-0.3, -0.25) is 0 Å². The van der Waals surface area contributed by atoms with E-state index in [1.807, 2.05) is 0 Å². The molecule has 2 nitrogen and oxygen atoms in total. The average Bonchev–Trinajstić information content (AvgIpc) is 1.72. The molecule has 0 aromatic heterocycles. The molecule has 0 saturated carbocycles. The van der Waals surface area contributed by atoms with E-state index in [4.69, 9.17) is 0 Å². The normalized spacial score (nSPS) is 21.4. The molecule has 0 saturated heterocycles. The molecule has 0 spiro atoms. The van der Waals surface area contributed by atoms with Gasteiger partial charge in [0.15, 0.2) is 0 Å². The number of aliphatic hydroxyl groups is 2. The largest absolute Gasteiger partial charge is 0.387 e. The van der Waals surface area contributed by atoms with E-state index in [0.29, 0.717) is 12.8 Å². The molecule has 0 aliphatic rings.